The van der Waals surface area contributed by atoms with Gasteiger partial charge in [0.15, 0.2) is 5.52 Å². The summed E-state index contributed by atoms with van der Waals surface area (Å²) >= 11 is 0. The van der Waals surface area contributed by atoms with Gasteiger partial charge >= 0.3 is 0 Å². The quantitative estimate of drug-likeness (QED) is 0.495. The molecule has 0 radical (unpaired) electrons. The van der Waals surface area contributed by atoms with Crippen LogP contribution in [0.15, 0.2) is 33.7 Å². The molecule has 0 bridgehead atoms. The topological polar surface area (TPSA) is 141 Å². The molecule has 4 N–H and O–H groups in total. The molecule has 11 heteroatoms. The van der Waals surface area contributed by atoms with E-state index in [-0.39, 0.29) is 35.0 Å². The number of anilines is 3. The van der Waals surface area contributed by atoms with Crippen LogP contribution in [0.4, 0.5) is 17.2 Å². The van der Waals surface area contributed by atoms with Crippen molar-refractivity contribution in [2.45, 2.75) is 43.9 Å². The van der Waals surface area contributed by atoms with Gasteiger partial charge in [0.05, 0.1) is 17.8 Å². The van der Waals surface area contributed by atoms with Crippen LogP contribution in [-0.2, 0) is 4.74 Å². The lowest BCUT2D eigenvalue weighted by molar-refractivity contribution is 0.00678. The number of amides is 1. The van der Waals surface area contributed by atoms with E-state index in [0.29, 0.717) is 22.7 Å². The Balaban J connectivity index is 1.40. The summed E-state index contributed by atoms with van der Waals surface area (Å²) < 4.78 is 12.4. The molecule has 180 valence electrons. The highest BCUT2D eigenvalue weighted by molar-refractivity contribution is 6.05. The molecule has 0 unspecified atom stereocenters. The number of carbonyl (C=O) groups is 1. The second-order valence-electron chi connectivity index (χ2n) is 9.03. The van der Waals surface area contributed by atoms with Gasteiger partial charge < -0.3 is 35.1 Å². The maximum absolute atomic E-state index is 13.2. The molecule has 5 rings (SSSR count). The molecule has 0 aromatic carbocycles. The van der Waals surface area contributed by atoms with E-state index in [2.05, 4.69) is 32.7 Å². The zero-order valence-electron chi connectivity index (χ0n) is 19.3. The average molecular weight is 468 g/mol. The molecular formula is C23H29N7O4. The van der Waals surface area contributed by atoms with Crippen molar-refractivity contribution < 1.29 is 14.1 Å². The third-order valence-corrected chi connectivity index (χ3v) is 6.82. The van der Waals surface area contributed by atoms with Crippen molar-refractivity contribution in [3.63, 3.8) is 0 Å². The molecule has 3 aromatic rings. The molecule has 1 amide bonds. The van der Waals surface area contributed by atoms with Gasteiger partial charge in [-0.15, -0.1) is 0 Å². The van der Waals surface area contributed by atoms with Gasteiger partial charge in [0.1, 0.15) is 17.0 Å². The maximum atomic E-state index is 13.2. The second-order valence-corrected chi connectivity index (χ2v) is 9.03. The van der Waals surface area contributed by atoms with Crippen molar-refractivity contribution in [3.8, 4) is 0 Å². The first-order valence-electron chi connectivity index (χ1n) is 11.5. The number of nitrogens with one attached hydrogen (secondary N) is 2. The minimum absolute atomic E-state index is 0.0155. The molecule has 0 spiro atoms. The van der Waals surface area contributed by atoms with E-state index in [1.807, 2.05) is 12.3 Å². The van der Waals surface area contributed by atoms with Crippen LogP contribution in [0.2, 0.25) is 0 Å². The molecule has 2 atom stereocenters. The number of rotatable bonds is 6. The summed E-state index contributed by atoms with van der Waals surface area (Å²) in [6.07, 6.45) is 5.37. The Labute approximate surface area is 196 Å². The lowest BCUT2D eigenvalue weighted by atomic mass is 9.89. The first kappa shape index (κ1) is 22.4. The number of carbonyl (C=O) groups excluding carboxylic acids is 1. The van der Waals surface area contributed by atoms with E-state index < -0.39 is 5.91 Å². The second kappa shape index (κ2) is 9.07. The summed E-state index contributed by atoms with van der Waals surface area (Å²) in [5.74, 6) is -0.120. The first-order valence-corrected chi connectivity index (χ1v) is 11.5. The van der Waals surface area contributed by atoms with E-state index in [1.165, 1.54) is 0 Å². The van der Waals surface area contributed by atoms with E-state index in [9.17, 15) is 9.59 Å². The Hall–Kier alpha value is -3.44. The monoisotopic (exact) mass is 467 g/mol. The minimum Gasteiger partial charge on any atom is -0.397 e. The molecule has 34 heavy (non-hydrogen) atoms. The summed E-state index contributed by atoms with van der Waals surface area (Å²) in [6, 6.07) is 5.19. The van der Waals surface area contributed by atoms with Crippen LogP contribution in [0.5, 0.6) is 0 Å². The highest BCUT2D eigenvalue weighted by Crippen LogP contribution is 2.28. The average Bonchev–Trinajstić information content (AvgIpc) is 3.24. The Morgan fingerprint density at radius 3 is 2.74 bits per heavy atom. The van der Waals surface area contributed by atoms with E-state index in [1.54, 1.807) is 23.8 Å². The largest absolute Gasteiger partial charge is 0.397 e. The van der Waals surface area contributed by atoms with Gasteiger partial charge in [0.25, 0.3) is 11.5 Å². The number of ether oxygens (including phenoxy) is 1. The summed E-state index contributed by atoms with van der Waals surface area (Å²) in [5.41, 5.74) is 7.24. The zero-order valence-corrected chi connectivity index (χ0v) is 19.3. The number of likely N-dealkylation sites (tertiary alicyclic amines) is 1. The van der Waals surface area contributed by atoms with Crippen LogP contribution in [0, 0.1) is 0 Å². The van der Waals surface area contributed by atoms with Crippen LogP contribution >= 0.6 is 0 Å². The Bertz CT molecular complexity index is 1260. The maximum Gasteiger partial charge on any atom is 0.292 e. The van der Waals surface area contributed by atoms with Gasteiger partial charge in [0.2, 0.25) is 5.76 Å². The fourth-order valence-corrected chi connectivity index (χ4v) is 4.61. The standard InChI is InChI=1S/C23H29N7O4/c1-29-10-7-13(8-11-29)30-9-3-4-16(23(30)32)25-18-12-14(24)19-20(27-18)21(34-28-19)22(31)26-15-5-6-17(15)33-2/h3-4,9,12-13,15,17H,5-8,10-11,24H2,1-2H3,(H,25,27)(H,26,31)/t15-,17-/m1/s1. The van der Waals surface area contributed by atoms with Crippen LogP contribution in [0.25, 0.3) is 11.0 Å². The molecule has 1 saturated carbocycles. The molecule has 11 nitrogen and oxygen atoms in total. The number of pyridine rings is 2. The highest BCUT2D eigenvalue weighted by atomic mass is 16.5. The van der Waals surface area contributed by atoms with Crippen LogP contribution in [-0.4, -0.2) is 64.9 Å². The lowest BCUT2D eigenvalue weighted by Gasteiger charge is -2.35. The van der Waals surface area contributed by atoms with Gasteiger partial charge in [-0.05, 0) is 58.0 Å². The van der Waals surface area contributed by atoms with E-state index >= 15 is 0 Å². The Kier molecular flexibility index (Phi) is 5.96. The fourth-order valence-electron chi connectivity index (χ4n) is 4.61. The van der Waals surface area contributed by atoms with E-state index in [0.717, 1.165) is 38.8 Å². The number of fused-ring (bicyclic) bond motifs is 1. The third-order valence-electron chi connectivity index (χ3n) is 6.82. The van der Waals surface area contributed by atoms with Gasteiger partial charge in [-0.25, -0.2) is 4.98 Å². The third kappa shape index (κ3) is 4.12. The molecule has 2 aliphatic rings. The molecule has 1 aliphatic carbocycles. The van der Waals surface area contributed by atoms with Crippen LogP contribution in [0.3, 0.4) is 0 Å². The van der Waals surface area contributed by atoms with Gasteiger partial charge in [-0.1, -0.05) is 5.16 Å². The summed E-state index contributed by atoms with van der Waals surface area (Å²) in [5, 5.41) is 9.90. The predicted molar refractivity (Wildman–Crippen MR) is 127 cm³/mol. The van der Waals surface area contributed by atoms with Gasteiger partial charge in [0, 0.05) is 25.4 Å². The predicted octanol–water partition coefficient (Wildman–Crippen LogP) is 1.88. The SMILES string of the molecule is CO[C@@H]1CC[C@H]1NC(=O)c1onc2c(N)cc(Nc3cccn(C4CCN(C)CC4)c3=O)nc12. The number of nitrogens with two attached hydrogens (primary N) is 1. The normalized spacial score (nSPS) is 21.4. The van der Waals surface area contributed by atoms with Crippen molar-refractivity contribution in [2.75, 3.05) is 38.3 Å². The number of hydrogen-bond donors (Lipinski definition) is 3. The molecule has 1 aliphatic heterocycles. The number of piperidine rings is 1. The molecule has 1 saturated heterocycles. The highest BCUT2D eigenvalue weighted by Gasteiger charge is 2.34. The Morgan fingerprint density at radius 2 is 2.03 bits per heavy atom. The number of nitrogen functional groups attached to an aromatic ring is 1. The number of hydrogen-bond acceptors (Lipinski definition) is 9. The zero-order chi connectivity index (χ0) is 23.8. The molecule has 3 aromatic heterocycles. The summed E-state index contributed by atoms with van der Waals surface area (Å²) in [6.45, 7) is 1.90. The van der Waals surface area contributed by atoms with E-state index in [4.69, 9.17) is 15.0 Å². The number of aromatic nitrogens is 3. The molecule has 4 heterocycles. The van der Waals surface area contributed by atoms with Crippen molar-refractivity contribution in [1.29, 1.82) is 0 Å². The van der Waals surface area contributed by atoms with Gasteiger partial charge in [-0.2, -0.15) is 0 Å². The lowest BCUT2D eigenvalue weighted by Crippen LogP contribution is -2.51. The van der Waals surface area contributed by atoms with Crippen molar-refractivity contribution in [1.82, 2.24) is 24.9 Å². The van der Waals surface area contributed by atoms with Crippen LogP contribution < -0.4 is 21.9 Å². The van der Waals surface area contributed by atoms with Crippen molar-refractivity contribution in [3.05, 3.63) is 40.5 Å². The number of methoxy groups -OCH3 is 1. The van der Waals surface area contributed by atoms with Gasteiger partial charge in [-0.3, -0.25) is 9.59 Å². The Morgan fingerprint density at radius 1 is 1.24 bits per heavy atom. The summed E-state index contributed by atoms with van der Waals surface area (Å²) in [7, 11) is 3.71. The smallest absolute Gasteiger partial charge is 0.292 e. The van der Waals surface area contributed by atoms with Crippen LogP contribution in [0.1, 0.15) is 42.3 Å². The molecular weight excluding hydrogens is 438 g/mol. The van der Waals surface area contributed by atoms with Crippen molar-refractivity contribution in [2.24, 2.45) is 0 Å². The fraction of sp³-hybridized carbons (Fsp3) is 0.478. The number of nitrogens with zero attached hydrogens (tertiary/aromatic N) is 4. The minimum atomic E-state index is -0.428. The van der Waals surface area contributed by atoms with Crippen molar-refractivity contribution >= 4 is 34.1 Å². The molecule has 2 fully saturated rings. The first-order chi connectivity index (χ1) is 16.4. The summed E-state index contributed by atoms with van der Waals surface area (Å²) in [4.78, 5) is 32.7.